The first-order valence-corrected chi connectivity index (χ1v) is 10.2. The van der Waals surface area contributed by atoms with Crippen molar-refractivity contribution in [3.05, 3.63) is 11.8 Å². The molecule has 0 amide bonds. The molecule has 0 unspecified atom stereocenters. The Kier molecular flexibility index (Phi) is 6.40. The minimum atomic E-state index is -2.01. The Hall–Kier alpha value is -1.36. The van der Waals surface area contributed by atoms with Gasteiger partial charge in [0, 0.05) is 20.7 Å². The molecule has 1 rings (SSSR count). The molecule has 1 heterocycles. The Morgan fingerprint density at radius 1 is 1.43 bits per heavy atom. The van der Waals surface area contributed by atoms with Crippen LogP contribution in [-0.2, 0) is 16.2 Å². The first-order chi connectivity index (χ1) is 9.73. The van der Waals surface area contributed by atoms with E-state index < -0.39 is 21.4 Å². The number of hydrogen-bond acceptors (Lipinski definition) is 7. The van der Waals surface area contributed by atoms with Crippen LogP contribution in [0.2, 0.25) is 25.7 Å². The molecule has 1 aromatic rings. The van der Waals surface area contributed by atoms with E-state index >= 15 is 0 Å². The number of aromatic nitrogens is 2. The molecular formula is C11H21BN2O6Si. The number of esters is 1. The second-order valence-electron chi connectivity index (χ2n) is 5.65. The third-order valence-corrected chi connectivity index (χ3v) is 4.28. The van der Waals surface area contributed by atoms with Gasteiger partial charge in [0.2, 0.25) is 0 Å². The van der Waals surface area contributed by atoms with Gasteiger partial charge in [0.25, 0.3) is 0 Å². The van der Waals surface area contributed by atoms with Crippen LogP contribution in [0.5, 0.6) is 5.88 Å². The molecule has 0 atom stereocenters. The van der Waals surface area contributed by atoms with Crippen molar-refractivity contribution in [2.45, 2.75) is 32.4 Å². The Morgan fingerprint density at radius 3 is 2.62 bits per heavy atom. The highest BCUT2D eigenvalue weighted by Crippen LogP contribution is 2.15. The summed E-state index contributed by atoms with van der Waals surface area (Å²) in [6.07, 6.45) is 0. The van der Waals surface area contributed by atoms with Gasteiger partial charge in [0.05, 0.1) is 7.11 Å². The van der Waals surface area contributed by atoms with Crippen molar-refractivity contribution >= 4 is 21.4 Å². The maximum Gasteiger partial charge on any atom is 0.708 e. The fraction of sp³-hybridized carbons (Fsp3) is 0.636. The lowest BCUT2D eigenvalue weighted by atomic mass is 10.3. The standard InChI is InChI=1S/C11H21BN2O6Si/c1-18-11(15)9-7-10(20-12(16)17)14(13-9)8-19-5-6-21(2,3)4/h7,16-17H,5-6,8H2,1-4H3. The fourth-order valence-corrected chi connectivity index (χ4v) is 2.19. The normalized spacial score (nSPS) is 11.3. The highest BCUT2D eigenvalue weighted by Gasteiger charge is 2.20. The smallest absolute Gasteiger partial charge is 0.498 e. The van der Waals surface area contributed by atoms with E-state index in [2.05, 4.69) is 29.5 Å². The van der Waals surface area contributed by atoms with Gasteiger partial charge >= 0.3 is 13.3 Å². The number of rotatable bonds is 8. The van der Waals surface area contributed by atoms with Gasteiger partial charge in [0.1, 0.15) is 6.73 Å². The zero-order valence-electron chi connectivity index (χ0n) is 12.7. The molecule has 0 bridgehead atoms. The molecule has 0 fully saturated rings. The lowest BCUT2D eigenvalue weighted by molar-refractivity contribution is 0.0580. The maximum absolute atomic E-state index is 11.4. The van der Waals surface area contributed by atoms with E-state index in [0.29, 0.717) is 6.61 Å². The monoisotopic (exact) mass is 316 g/mol. The topological polar surface area (TPSA) is 103 Å². The number of hydrogen-bond donors (Lipinski definition) is 2. The zero-order chi connectivity index (χ0) is 16.0. The van der Waals surface area contributed by atoms with Crippen LogP contribution < -0.4 is 4.65 Å². The summed E-state index contributed by atoms with van der Waals surface area (Å²) in [5.41, 5.74) is 0.00180. The Labute approximate surface area is 124 Å². The number of methoxy groups -OCH3 is 1. The van der Waals surface area contributed by atoms with Gasteiger partial charge in [-0.2, -0.15) is 5.10 Å². The molecule has 0 aliphatic rings. The first kappa shape index (κ1) is 17.7. The average molecular weight is 316 g/mol. The molecule has 21 heavy (non-hydrogen) atoms. The summed E-state index contributed by atoms with van der Waals surface area (Å²) in [4.78, 5) is 11.4. The van der Waals surface area contributed by atoms with Crippen LogP contribution in [0.1, 0.15) is 10.5 Å². The molecular weight excluding hydrogens is 295 g/mol. The van der Waals surface area contributed by atoms with Crippen molar-refractivity contribution in [2.24, 2.45) is 0 Å². The van der Waals surface area contributed by atoms with Gasteiger partial charge in [-0.25, -0.2) is 9.48 Å². The van der Waals surface area contributed by atoms with Crippen LogP contribution in [0.3, 0.4) is 0 Å². The van der Waals surface area contributed by atoms with Crippen LogP contribution >= 0.6 is 0 Å². The Balaban J connectivity index is 2.69. The van der Waals surface area contributed by atoms with E-state index in [1.165, 1.54) is 17.9 Å². The van der Waals surface area contributed by atoms with E-state index in [4.69, 9.17) is 19.4 Å². The summed E-state index contributed by atoms with van der Waals surface area (Å²) >= 11 is 0. The van der Waals surface area contributed by atoms with Gasteiger partial charge in [-0.1, -0.05) is 19.6 Å². The minimum absolute atomic E-state index is 0.00180. The first-order valence-electron chi connectivity index (χ1n) is 6.49. The highest BCUT2D eigenvalue weighted by atomic mass is 28.3. The van der Waals surface area contributed by atoms with Gasteiger partial charge < -0.3 is 24.2 Å². The van der Waals surface area contributed by atoms with Gasteiger partial charge in [0.15, 0.2) is 11.6 Å². The van der Waals surface area contributed by atoms with Crippen molar-refractivity contribution in [1.29, 1.82) is 0 Å². The third kappa shape index (κ3) is 6.29. The van der Waals surface area contributed by atoms with Crippen molar-refractivity contribution in [1.82, 2.24) is 9.78 Å². The van der Waals surface area contributed by atoms with E-state index in [1.807, 2.05) is 0 Å². The quantitative estimate of drug-likeness (QED) is 0.405. The molecule has 2 N–H and O–H groups in total. The molecule has 0 aliphatic heterocycles. The molecule has 0 spiro atoms. The van der Waals surface area contributed by atoms with Gasteiger partial charge in [-0.3, -0.25) is 0 Å². The highest BCUT2D eigenvalue weighted by molar-refractivity contribution is 6.76. The van der Waals surface area contributed by atoms with Crippen LogP contribution in [0.4, 0.5) is 0 Å². The molecule has 0 aliphatic carbocycles. The number of nitrogens with zero attached hydrogens (tertiary/aromatic N) is 2. The molecule has 0 saturated carbocycles. The lowest BCUT2D eigenvalue weighted by Gasteiger charge is -2.15. The molecule has 8 nitrogen and oxygen atoms in total. The zero-order valence-corrected chi connectivity index (χ0v) is 13.7. The largest absolute Gasteiger partial charge is 0.708 e. The molecule has 0 aromatic carbocycles. The summed E-state index contributed by atoms with van der Waals surface area (Å²) in [6.45, 7) is 7.30. The van der Waals surface area contributed by atoms with Crippen molar-refractivity contribution in [3.8, 4) is 5.88 Å². The Bertz CT molecular complexity index is 474. The molecule has 118 valence electrons. The van der Waals surface area contributed by atoms with Gasteiger partial charge in [-0.15, -0.1) is 0 Å². The van der Waals surface area contributed by atoms with Crippen LogP contribution in [0.15, 0.2) is 6.07 Å². The fourth-order valence-electron chi connectivity index (χ4n) is 1.43. The van der Waals surface area contributed by atoms with Crippen molar-refractivity contribution in [3.63, 3.8) is 0 Å². The predicted molar refractivity (Wildman–Crippen MR) is 78.5 cm³/mol. The number of carbonyl (C=O) groups is 1. The predicted octanol–water partition coefficient (Wildman–Crippen LogP) is 0.330. The Morgan fingerprint density at radius 2 is 2.10 bits per heavy atom. The van der Waals surface area contributed by atoms with Crippen molar-refractivity contribution in [2.75, 3.05) is 13.7 Å². The van der Waals surface area contributed by atoms with E-state index in [-0.39, 0.29) is 18.3 Å². The summed E-state index contributed by atoms with van der Waals surface area (Å²) in [6, 6.07) is 2.24. The second kappa shape index (κ2) is 7.59. The third-order valence-electron chi connectivity index (χ3n) is 2.57. The lowest BCUT2D eigenvalue weighted by Crippen LogP contribution is -2.24. The summed E-state index contributed by atoms with van der Waals surface area (Å²) in [5, 5.41) is 21.7. The van der Waals surface area contributed by atoms with E-state index in [9.17, 15) is 4.79 Å². The molecule has 10 heteroatoms. The summed E-state index contributed by atoms with van der Waals surface area (Å²) in [7, 11) is -1.97. The summed E-state index contributed by atoms with van der Waals surface area (Å²) in [5.74, 6) is -0.633. The molecule has 0 radical (unpaired) electrons. The van der Waals surface area contributed by atoms with E-state index in [0.717, 1.165) is 6.04 Å². The van der Waals surface area contributed by atoms with Crippen molar-refractivity contribution < 1.29 is 29.0 Å². The second-order valence-corrected chi connectivity index (χ2v) is 11.3. The molecule has 0 saturated heterocycles. The number of carbonyl (C=O) groups excluding carboxylic acids is 1. The van der Waals surface area contributed by atoms with E-state index in [1.54, 1.807) is 0 Å². The molecule has 1 aromatic heterocycles. The van der Waals surface area contributed by atoms with Crippen LogP contribution in [0, 0.1) is 0 Å². The van der Waals surface area contributed by atoms with Gasteiger partial charge in [-0.05, 0) is 6.04 Å². The average Bonchev–Trinajstić information content (AvgIpc) is 2.75. The SMILES string of the molecule is COC(=O)c1cc(OB(O)O)n(COCC[Si](C)(C)C)n1. The maximum atomic E-state index is 11.4. The minimum Gasteiger partial charge on any atom is -0.498 e. The summed E-state index contributed by atoms with van der Waals surface area (Å²) < 4.78 is 16.0. The number of ether oxygens (including phenoxy) is 2. The van der Waals surface area contributed by atoms with Crippen LogP contribution in [0.25, 0.3) is 0 Å². The van der Waals surface area contributed by atoms with Crippen LogP contribution in [-0.4, -0.2) is 54.9 Å².